The van der Waals surface area contributed by atoms with Crippen LogP contribution >= 0.6 is 22.1 Å². The Labute approximate surface area is 281 Å². The van der Waals surface area contributed by atoms with Gasteiger partial charge in [0.1, 0.15) is 28.5 Å². The Morgan fingerprint density at radius 3 is 2.60 bits per heavy atom. The summed E-state index contributed by atoms with van der Waals surface area (Å²) in [6.07, 6.45) is 4.73. The first kappa shape index (κ1) is 35.9. The summed E-state index contributed by atoms with van der Waals surface area (Å²) in [7, 11) is -1.48. The number of ether oxygens (including phenoxy) is 2. The number of rotatable bonds is 5. The van der Waals surface area contributed by atoms with Crippen molar-refractivity contribution in [3.05, 3.63) is 81.9 Å². The van der Waals surface area contributed by atoms with E-state index in [9.17, 15) is 33.3 Å². The molecule has 2 amide bonds. The lowest BCUT2D eigenvalue weighted by molar-refractivity contribution is -0.150. The van der Waals surface area contributed by atoms with E-state index in [-0.39, 0.29) is 19.4 Å². The molecule has 2 aromatic rings. The van der Waals surface area contributed by atoms with Gasteiger partial charge in [-0.05, 0) is 57.4 Å². The van der Waals surface area contributed by atoms with Crippen LogP contribution in [-0.2, 0) is 45.1 Å². The maximum Gasteiger partial charge on any atom is 0.407 e. The van der Waals surface area contributed by atoms with Crippen molar-refractivity contribution in [1.82, 2.24) is 15.6 Å². The van der Waals surface area contributed by atoms with Gasteiger partial charge in [-0.3, -0.25) is 19.2 Å². The number of carbonyl (C=O) groups excluding carboxylic acids is 5. The van der Waals surface area contributed by atoms with E-state index in [1.807, 2.05) is 6.07 Å². The van der Waals surface area contributed by atoms with Gasteiger partial charge in [0.05, 0.1) is 21.6 Å². The lowest BCUT2D eigenvalue weighted by atomic mass is 9.81. The first-order valence-corrected chi connectivity index (χ1v) is 18.0. The van der Waals surface area contributed by atoms with Crippen molar-refractivity contribution >= 4 is 66.9 Å². The van der Waals surface area contributed by atoms with E-state index in [4.69, 9.17) is 9.47 Å². The Balaban J connectivity index is 1.55. The number of fused-ring (bicyclic) bond motifs is 2. The van der Waals surface area contributed by atoms with Crippen LogP contribution in [-0.4, -0.2) is 66.2 Å². The Kier molecular flexibility index (Phi) is 12.1. The summed E-state index contributed by atoms with van der Waals surface area (Å²) in [4.78, 5) is 68.4. The van der Waals surface area contributed by atoms with Gasteiger partial charge in [-0.2, -0.15) is 0 Å². The molecule has 0 aliphatic carbocycles. The molecule has 5 atom stereocenters. The van der Waals surface area contributed by atoms with E-state index in [1.165, 1.54) is 36.5 Å². The molecule has 15 heteroatoms. The topological polar surface area (TPSA) is 178 Å². The van der Waals surface area contributed by atoms with Crippen LogP contribution in [0.25, 0.3) is 6.08 Å². The average molecular weight is 702 g/mol. The number of ketones is 1. The summed E-state index contributed by atoms with van der Waals surface area (Å²) in [5, 5.41) is 18.1. The fourth-order valence-corrected chi connectivity index (χ4v) is 9.57. The van der Waals surface area contributed by atoms with Gasteiger partial charge in [-0.25, -0.2) is 14.0 Å². The second-order valence-corrected chi connectivity index (χ2v) is 15.3. The van der Waals surface area contributed by atoms with Crippen LogP contribution in [0.5, 0.6) is 0 Å². The molecule has 47 heavy (non-hydrogen) atoms. The number of allylic oxidation sites excluding steroid dienone is 3. The molecule has 1 spiro atoms. The van der Waals surface area contributed by atoms with Crippen molar-refractivity contribution in [2.75, 3.05) is 6.54 Å². The predicted octanol–water partition coefficient (Wildman–Crippen LogP) is 3.85. The molecule has 1 saturated heterocycles. The number of nitrogens with one attached hydrogen (secondary N) is 2. The smallest absolute Gasteiger partial charge is 0.407 e. The van der Waals surface area contributed by atoms with E-state index in [1.54, 1.807) is 55.6 Å². The average Bonchev–Trinajstić information content (AvgIpc) is 3.57. The summed E-state index contributed by atoms with van der Waals surface area (Å²) in [5.41, 5.74) is -0.246. The third kappa shape index (κ3) is 9.12. The van der Waals surface area contributed by atoms with Crippen molar-refractivity contribution in [3.63, 3.8) is 0 Å². The number of carbonyl (C=O) groups is 5. The Morgan fingerprint density at radius 1 is 1.17 bits per heavy atom. The third-order valence-electron chi connectivity index (χ3n) is 7.62. The summed E-state index contributed by atoms with van der Waals surface area (Å²) in [6, 6.07) is 8.47. The molecule has 0 radical (unpaired) electrons. The standard InChI is InChI=1S/C32H35N3O9S3/c1-20-13-14-32(31(3,41)29(39)46-47(32)42)16-26(37)34-21(2)28-35-23(19-45-28)11-7-8-12-24(36)25(15-20)44-27(38)17-33-30(40)43-18-22-9-5-4-6-10-22/h4-12,15,19,21,25,41H,13-14,16-18H2,1-3H3,(H,33,40)(H,34,37)/b11-7-,12-8+,20-15+/t21-,25+,31-,32+,47?/m0/s1. The van der Waals surface area contributed by atoms with Crippen molar-refractivity contribution in [3.8, 4) is 0 Å². The molecule has 3 N–H and O–H groups in total. The summed E-state index contributed by atoms with van der Waals surface area (Å²) in [5.74, 6) is -2.01. The number of hydrogen-bond acceptors (Lipinski definition) is 12. The van der Waals surface area contributed by atoms with Crippen molar-refractivity contribution in [2.24, 2.45) is 0 Å². The highest BCUT2D eigenvalue weighted by molar-refractivity contribution is 8.76. The van der Waals surface area contributed by atoms with Gasteiger partial charge < -0.3 is 25.2 Å². The van der Waals surface area contributed by atoms with E-state index >= 15 is 0 Å². The molecular formula is C32H35N3O9S3. The number of aliphatic hydroxyl groups is 1. The molecule has 3 heterocycles. The van der Waals surface area contributed by atoms with Crippen LogP contribution in [0.2, 0.25) is 0 Å². The lowest BCUT2D eigenvalue weighted by Crippen LogP contribution is -2.55. The van der Waals surface area contributed by atoms with Crippen molar-refractivity contribution < 1.29 is 42.8 Å². The second kappa shape index (κ2) is 15.8. The molecule has 1 unspecified atom stereocenters. The highest BCUT2D eigenvalue weighted by Crippen LogP contribution is 2.50. The first-order chi connectivity index (χ1) is 22.3. The number of nitrogens with zero attached hydrogens (tertiary/aromatic N) is 1. The number of amides is 2. The van der Waals surface area contributed by atoms with Gasteiger partial charge in [-0.1, -0.05) is 48.1 Å². The minimum absolute atomic E-state index is 0.00472. The number of alkyl carbamates (subject to hydrolysis) is 1. The molecule has 0 saturated carbocycles. The molecule has 2 bridgehead atoms. The van der Waals surface area contributed by atoms with Crippen LogP contribution < -0.4 is 10.6 Å². The fourth-order valence-electron chi connectivity index (χ4n) is 4.83. The van der Waals surface area contributed by atoms with Crippen LogP contribution in [0, 0.1) is 0 Å². The number of esters is 1. The number of hydrogen-bond donors (Lipinski definition) is 3. The molecule has 1 fully saturated rings. The van der Waals surface area contributed by atoms with E-state index in [0.717, 1.165) is 5.56 Å². The Morgan fingerprint density at radius 2 is 1.89 bits per heavy atom. The van der Waals surface area contributed by atoms with E-state index in [0.29, 0.717) is 27.1 Å². The maximum absolute atomic E-state index is 13.4. The summed E-state index contributed by atoms with van der Waals surface area (Å²) in [6.45, 7) is 4.07. The summed E-state index contributed by atoms with van der Waals surface area (Å²) >= 11 is 1.31. The zero-order valence-electron chi connectivity index (χ0n) is 25.9. The van der Waals surface area contributed by atoms with Crippen LogP contribution in [0.4, 0.5) is 4.79 Å². The molecule has 2 aliphatic rings. The zero-order chi connectivity index (χ0) is 34.2. The molecular weight excluding hydrogens is 667 g/mol. The zero-order valence-corrected chi connectivity index (χ0v) is 28.4. The second-order valence-electron chi connectivity index (χ2n) is 11.2. The highest BCUT2D eigenvalue weighted by Gasteiger charge is 2.63. The minimum Gasteiger partial charge on any atom is -0.448 e. The maximum atomic E-state index is 13.4. The van der Waals surface area contributed by atoms with Gasteiger partial charge in [0.2, 0.25) is 11.0 Å². The first-order valence-electron chi connectivity index (χ1n) is 14.6. The van der Waals surface area contributed by atoms with E-state index < -0.39 is 74.2 Å². The Bertz CT molecular complexity index is 1630. The monoisotopic (exact) mass is 701 g/mol. The molecule has 2 aliphatic heterocycles. The van der Waals surface area contributed by atoms with Crippen molar-refractivity contribution in [2.45, 2.75) is 69.1 Å². The van der Waals surface area contributed by atoms with Gasteiger partial charge in [0.25, 0.3) is 0 Å². The number of benzene rings is 1. The van der Waals surface area contributed by atoms with Gasteiger partial charge in [-0.15, -0.1) is 11.3 Å². The Hall–Kier alpha value is -3.92. The number of thiazole rings is 1. The summed E-state index contributed by atoms with van der Waals surface area (Å²) < 4.78 is 22.2. The quantitative estimate of drug-likeness (QED) is 0.234. The predicted molar refractivity (Wildman–Crippen MR) is 178 cm³/mol. The minimum atomic E-state index is -2.09. The van der Waals surface area contributed by atoms with Crippen LogP contribution in [0.15, 0.2) is 65.6 Å². The molecule has 12 nitrogen and oxygen atoms in total. The van der Waals surface area contributed by atoms with Crippen LogP contribution in [0.3, 0.4) is 0 Å². The SMILES string of the molecule is C/C1=C\[C@@H](OC(=O)CNC(=O)OCc2ccccc2)C(=O)/C=C/C=C\c2csc(n2)[C@H](C)NC(=O)C[C@@]2(CC1)S(=O)SC(=O)[C@]2(C)O. The van der Waals surface area contributed by atoms with Crippen LogP contribution in [0.1, 0.15) is 62.3 Å². The molecule has 250 valence electrons. The molecule has 4 rings (SSSR count). The van der Waals surface area contributed by atoms with Gasteiger partial charge in [0, 0.05) is 22.6 Å². The van der Waals surface area contributed by atoms with Gasteiger partial charge in [0.15, 0.2) is 11.9 Å². The third-order valence-corrected chi connectivity index (χ3v) is 12.6. The highest BCUT2D eigenvalue weighted by atomic mass is 33.1. The number of aromatic nitrogens is 1. The van der Waals surface area contributed by atoms with E-state index in [2.05, 4.69) is 15.6 Å². The largest absolute Gasteiger partial charge is 0.448 e. The lowest BCUT2D eigenvalue weighted by Gasteiger charge is -2.36. The fraction of sp³-hybridized carbons (Fsp3) is 0.375. The normalized spacial score (nSPS) is 29.5. The van der Waals surface area contributed by atoms with Gasteiger partial charge >= 0.3 is 12.1 Å². The van der Waals surface area contributed by atoms with Crippen molar-refractivity contribution in [1.29, 1.82) is 0 Å². The molecule has 1 aromatic carbocycles. The molecule has 1 aromatic heterocycles.